The fourth-order valence-corrected chi connectivity index (χ4v) is 7.82. The summed E-state index contributed by atoms with van der Waals surface area (Å²) in [5, 5.41) is 24.3. The van der Waals surface area contributed by atoms with Gasteiger partial charge in [0, 0.05) is 85.1 Å². The summed E-state index contributed by atoms with van der Waals surface area (Å²) in [6.07, 6.45) is -1.21. The number of aromatic nitrogens is 3. The first kappa shape index (κ1) is 48.2. The molecular formula is C51H50F3N7O7. The smallest absolute Gasteiger partial charge is 0.416 e. The van der Waals surface area contributed by atoms with E-state index in [2.05, 4.69) is 22.2 Å². The van der Waals surface area contributed by atoms with E-state index < -0.39 is 17.7 Å². The van der Waals surface area contributed by atoms with E-state index in [1.54, 1.807) is 47.5 Å². The number of carboxylic acids is 1. The first-order valence-corrected chi connectivity index (χ1v) is 21.6. The molecule has 0 fully saturated rings. The van der Waals surface area contributed by atoms with Crippen molar-refractivity contribution < 1.29 is 46.6 Å². The minimum atomic E-state index is -4.57. The zero-order chi connectivity index (χ0) is 48.7. The van der Waals surface area contributed by atoms with Crippen LogP contribution >= 0.6 is 0 Å². The highest BCUT2D eigenvalue weighted by atomic mass is 19.4. The molecular weight excluding hydrogens is 880 g/mol. The monoisotopic (exact) mass is 929 g/mol. The number of carbonyl (C=O) groups is 3. The zero-order valence-electron chi connectivity index (χ0n) is 38.2. The quantitative estimate of drug-likeness (QED) is 0.0558. The van der Waals surface area contributed by atoms with Crippen LogP contribution in [0.15, 0.2) is 120 Å². The minimum absolute atomic E-state index is 0.112. The number of hydrogen-bond donors (Lipinski definition) is 1. The number of ether oxygens (including phenoxy) is 2. The number of hydrogen-bond acceptors (Lipinski definition) is 10. The number of amides is 2. The molecule has 8 rings (SSSR count). The Morgan fingerprint density at radius 3 is 2.49 bits per heavy atom. The number of rotatable bonds is 14. The van der Waals surface area contributed by atoms with Crippen LogP contribution in [0.4, 0.5) is 24.5 Å². The lowest BCUT2D eigenvalue weighted by Gasteiger charge is -2.19. The van der Waals surface area contributed by atoms with E-state index >= 15 is 0 Å². The predicted molar refractivity (Wildman–Crippen MR) is 251 cm³/mol. The van der Waals surface area contributed by atoms with Crippen molar-refractivity contribution in [2.45, 2.75) is 32.7 Å². The number of halogens is 3. The zero-order valence-corrected chi connectivity index (χ0v) is 38.2. The van der Waals surface area contributed by atoms with Crippen molar-refractivity contribution in [1.29, 1.82) is 0 Å². The van der Waals surface area contributed by atoms with Gasteiger partial charge in [-0.3, -0.25) is 9.59 Å². The molecule has 2 aliphatic heterocycles. The van der Waals surface area contributed by atoms with Crippen molar-refractivity contribution in [3.63, 3.8) is 0 Å². The van der Waals surface area contributed by atoms with Crippen LogP contribution in [0.5, 0.6) is 5.75 Å². The van der Waals surface area contributed by atoms with E-state index in [-0.39, 0.29) is 35.2 Å². The molecule has 1 aliphatic carbocycles. The van der Waals surface area contributed by atoms with Gasteiger partial charge in [0.25, 0.3) is 0 Å². The van der Waals surface area contributed by atoms with E-state index in [4.69, 9.17) is 13.9 Å². The number of alkyl halides is 3. The maximum absolute atomic E-state index is 13.7. The van der Waals surface area contributed by atoms with Crippen molar-refractivity contribution >= 4 is 40.1 Å². The standard InChI is InChI=1S/C27H28F3N5O4.C24H22N2O3/c1-3-26(37)35-9-7-22-24(35)5-4-6-25(22)39-17-19-13-20(15-21(14-19)27(28,29)30)23-16-34(33-32-23)10-12-38-11-8-31-18(2)36;1-25(2)15-9-11-19-21(13-15)29-22-14-16(26(3)4)10-12-20(22)23(19)17-7-5-6-8-18(17)24(27)28/h3-6,13-16H,1,7-12,17H2,2H3,(H,31,36);5-14H,1-4H3. The van der Waals surface area contributed by atoms with Gasteiger partial charge < -0.3 is 38.9 Å². The van der Waals surface area contributed by atoms with E-state index in [1.165, 1.54) is 17.7 Å². The van der Waals surface area contributed by atoms with Gasteiger partial charge in [-0.25, -0.2) is 9.26 Å². The second-order valence-corrected chi connectivity index (χ2v) is 16.3. The van der Waals surface area contributed by atoms with Gasteiger partial charge in [-0.2, -0.15) is 13.2 Å². The molecule has 1 N–H and O–H groups in total. The lowest BCUT2D eigenvalue weighted by Crippen LogP contribution is -2.26. The van der Waals surface area contributed by atoms with Gasteiger partial charge in [0.15, 0.2) is 0 Å². The Kier molecular flexibility index (Phi) is 14.7. The summed E-state index contributed by atoms with van der Waals surface area (Å²) in [7, 11) is 7.88. The van der Waals surface area contributed by atoms with Gasteiger partial charge in [0.2, 0.25) is 17.2 Å². The van der Waals surface area contributed by atoms with Crippen LogP contribution in [0.2, 0.25) is 0 Å². The average Bonchev–Trinajstić information content (AvgIpc) is 3.98. The molecule has 5 aromatic rings. The highest BCUT2D eigenvalue weighted by molar-refractivity contribution is 6.07. The van der Waals surface area contributed by atoms with E-state index in [0.29, 0.717) is 73.2 Å². The molecule has 0 saturated heterocycles. The van der Waals surface area contributed by atoms with Crippen LogP contribution in [-0.4, -0.2) is 87.3 Å². The molecule has 0 unspecified atom stereocenters. The Balaban J connectivity index is 0.000000210. The third kappa shape index (κ3) is 11.1. The topological polar surface area (TPSA) is 158 Å². The molecule has 1 aromatic heterocycles. The number of aromatic carboxylic acids is 1. The molecule has 3 heterocycles. The molecule has 17 heteroatoms. The third-order valence-corrected chi connectivity index (χ3v) is 11.2. The highest BCUT2D eigenvalue weighted by Crippen LogP contribution is 2.42. The number of benzene rings is 5. The highest BCUT2D eigenvalue weighted by Gasteiger charge is 2.32. The van der Waals surface area contributed by atoms with Gasteiger partial charge >= 0.3 is 6.18 Å². The number of carbonyl (C=O) groups excluding carboxylic acids is 3. The van der Waals surface area contributed by atoms with Crippen LogP contribution in [0.3, 0.4) is 0 Å². The summed E-state index contributed by atoms with van der Waals surface area (Å²) >= 11 is 0. The molecule has 0 atom stereocenters. The van der Waals surface area contributed by atoms with Crippen LogP contribution < -0.4 is 34.9 Å². The molecule has 352 valence electrons. The van der Waals surface area contributed by atoms with Crippen LogP contribution in [0.25, 0.3) is 44.7 Å². The summed E-state index contributed by atoms with van der Waals surface area (Å²) in [6, 6.07) is 27.8. The molecule has 2 amide bonds. The Morgan fingerprint density at radius 1 is 0.971 bits per heavy atom. The molecule has 4 aromatic carbocycles. The van der Waals surface area contributed by atoms with Crippen LogP contribution in [0, 0.1) is 0 Å². The van der Waals surface area contributed by atoms with Gasteiger partial charge in [-0.1, -0.05) is 42.1 Å². The Labute approximate surface area is 390 Å². The van der Waals surface area contributed by atoms with E-state index in [9.17, 15) is 32.7 Å². The van der Waals surface area contributed by atoms with Crippen molar-refractivity contribution in [2.75, 3.05) is 64.3 Å². The van der Waals surface area contributed by atoms with Crippen molar-refractivity contribution in [2.24, 2.45) is 0 Å². The second kappa shape index (κ2) is 20.8. The van der Waals surface area contributed by atoms with E-state index in [1.807, 2.05) is 86.2 Å². The Bertz CT molecular complexity index is 3050. The summed E-state index contributed by atoms with van der Waals surface area (Å²) in [5.41, 5.74) is 5.71. The summed E-state index contributed by atoms with van der Waals surface area (Å²) in [5.74, 6) is -0.363. The molecule has 3 aliphatic rings. The summed E-state index contributed by atoms with van der Waals surface area (Å²) < 4.78 is 62.3. The second-order valence-electron chi connectivity index (χ2n) is 16.3. The van der Waals surface area contributed by atoms with Gasteiger partial charge in [0.1, 0.15) is 43.5 Å². The van der Waals surface area contributed by atoms with Crippen LogP contribution in [0.1, 0.15) is 34.0 Å². The van der Waals surface area contributed by atoms with Gasteiger partial charge in [-0.05, 0) is 72.2 Å². The van der Waals surface area contributed by atoms with Crippen molar-refractivity contribution in [3.8, 4) is 39.5 Å². The summed E-state index contributed by atoms with van der Waals surface area (Å²) in [6.45, 7) is 6.64. The molecule has 0 bridgehead atoms. The number of anilines is 2. The fourth-order valence-electron chi connectivity index (χ4n) is 7.82. The van der Waals surface area contributed by atoms with Gasteiger partial charge in [-0.15, -0.1) is 5.10 Å². The molecule has 0 spiro atoms. The maximum atomic E-state index is 13.7. The molecule has 14 nitrogen and oxygen atoms in total. The first-order valence-electron chi connectivity index (χ1n) is 21.6. The Morgan fingerprint density at radius 2 is 1.76 bits per heavy atom. The number of nitrogens with one attached hydrogen (secondary N) is 1. The minimum Gasteiger partial charge on any atom is -0.545 e. The molecule has 68 heavy (non-hydrogen) atoms. The Hall–Kier alpha value is -7.79. The lowest BCUT2D eigenvalue weighted by atomic mass is 9.90. The van der Waals surface area contributed by atoms with Gasteiger partial charge in [0.05, 0.1) is 49.2 Å². The predicted octanol–water partition coefficient (Wildman–Crippen LogP) is 6.44. The number of nitrogens with zero attached hydrogens (tertiary/aromatic N) is 6. The lowest BCUT2D eigenvalue weighted by molar-refractivity contribution is -0.255. The van der Waals surface area contributed by atoms with E-state index in [0.717, 1.165) is 45.3 Å². The first-order chi connectivity index (χ1) is 32.5. The maximum Gasteiger partial charge on any atom is 0.416 e. The SMILES string of the molecule is C=CC(=O)N1CCc2c(OCc3cc(-c4cn(CCOCCNC(C)=O)nn4)cc(C(F)(F)F)c3)cccc21.CN(C)c1ccc2c(-c3ccccc3C(=O)[O-])c3ccc(=[N+](C)C)cc-3oc2c1. The molecule has 0 saturated carbocycles. The normalized spacial score (nSPS) is 12.0. The molecule has 0 radical (unpaired) electrons. The average molecular weight is 930 g/mol. The number of fused-ring (bicyclic) bond motifs is 3. The number of carboxylic acid groups (broad SMARTS) is 1. The van der Waals surface area contributed by atoms with Crippen LogP contribution in [-0.2, 0) is 40.1 Å². The summed E-state index contributed by atoms with van der Waals surface area (Å²) in [4.78, 5) is 38.4. The largest absolute Gasteiger partial charge is 0.545 e. The van der Waals surface area contributed by atoms with Crippen molar-refractivity contribution in [3.05, 3.63) is 144 Å². The third-order valence-electron chi connectivity index (χ3n) is 11.2. The van der Waals surface area contributed by atoms with Crippen molar-refractivity contribution in [1.82, 2.24) is 24.9 Å². The fraction of sp³-hybridized carbons (Fsp3) is 0.255.